The van der Waals surface area contributed by atoms with Crippen LogP contribution in [0.4, 0.5) is 0 Å². The molecule has 0 bridgehead atoms. The van der Waals surface area contributed by atoms with Gasteiger partial charge in [0.25, 0.3) is 5.91 Å². The number of aliphatic hydroxyl groups excluding tert-OH is 1. The molecule has 46 heavy (non-hydrogen) atoms. The second-order valence-corrected chi connectivity index (χ2v) is 12.4. The van der Waals surface area contributed by atoms with E-state index in [0.29, 0.717) is 12.6 Å². The number of ether oxygens (including phenoxy) is 4. The molecule has 2 N–H and O–H groups in total. The lowest BCUT2D eigenvalue weighted by molar-refractivity contribution is -0.276. The Bertz CT molecular complexity index is 1440. The van der Waals surface area contributed by atoms with Gasteiger partial charge in [-0.1, -0.05) is 73.7 Å². The van der Waals surface area contributed by atoms with Crippen LogP contribution in [-0.2, 0) is 41.7 Å². The zero-order valence-electron chi connectivity index (χ0n) is 27.2. The summed E-state index contributed by atoms with van der Waals surface area (Å²) in [6, 6.07) is 24.6. The molecule has 0 aromatic heterocycles. The first kappa shape index (κ1) is 33.8. The Morgan fingerprint density at radius 2 is 1.74 bits per heavy atom. The monoisotopic (exact) mass is 630 g/mol. The maximum absolute atomic E-state index is 12.3. The number of hydrogen-bond acceptors (Lipinski definition) is 8. The zero-order valence-corrected chi connectivity index (χ0v) is 27.2. The van der Waals surface area contributed by atoms with Crippen molar-refractivity contribution in [3.8, 4) is 11.1 Å². The van der Waals surface area contributed by atoms with Crippen LogP contribution >= 0.6 is 0 Å². The van der Waals surface area contributed by atoms with E-state index in [1.165, 1.54) is 6.92 Å². The van der Waals surface area contributed by atoms with Crippen molar-refractivity contribution in [3.63, 3.8) is 0 Å². The van der Waals surface area contributed by atoms with Gasteiger partial charge in [-0.2, -0.15) is 0 Å². The number of esters is 1. The highest BCUT2D eigenvalue weighted by atomic mass is 16.7. The first-order valence-electron chi connectivity index (χ1n) is 16.1. The van der Waals surface area contributed by atoms with Gasteiger partial charge in [0.1, 0.15) is 0 Å². The number of hydrogen-bond donors (Lipinski definition) is 2. The number of aliphatic hydroxyl groups is 1. The number of nitrogens with one attached hydrogen (secondary N) is 1. The molecule has 2 heterocycles. The van der Waals surface area contributed by atoms with E-state index in [2.05, 4.69) is 41.4 Å². The second-order valence-electron chi connectivity index (χ2n) is 12.4. The van der Waals surface area contributed by atoms with E-state index in [9.17, 15) is 14.7 Å². The third-order valence-corrected chi connectivity index (χ3v) is 9.02. The topological polar surface area (TPSA) is 107 Å². The molecule has 0 saturated carbocycles. The van der Waals surface area contributed by atoms with E-state index in [1.54, 1.807) is 14.0 Å². The van der Waals surface area contributed by atoms with Crippen molar-refractivity contribution in [1.29, 1.82) is 0 Å². The van der Waals surface area contributed by atoms with E-state index in [-0.39, 0.29) is 30.6 Å². The van der Waals surface area contributed by atoms with Gasteiger partial charge in [0, 0.05) is 44.6 Å². The minimum atomic E-state index is -0.846. The first-order chi connectivity index (χ1) is 22.2. The summed E-state index contributed by atoms with van der Waals surface area (Å²) in [6.07, 6.45) is 0.681. The molecular formula is C37H46N2O7. The molecule has 2 fully saturated rings. The summed E-state index contributed by atoms with van der Waals surface area (Å²) in [6.45, 7) is 7.92. The Morgan fingerprint density at radius 1 is 1.00 bits per heavy atom. The molecule has 1 amide bonds. The Morgan fingerprint density at radius 3 is 2.43 bits per heavy atom. The number of methoxy groups -OCH3 is 1. The maximum atomic E-state index is 12.3. The predicted molar refractivity (Wildman–Crippen MR) is 174 cm³/mol. The van der Waals surface area contributed by atoms with Crippen molar-refractivity contribution in [3.05, 3.63) is 95.1 Å². The van der Waals surface area contributed by atoms with Crippen molar-refractivity contribution >= 4 is 11.9 Å². The van der Waals surface area contributed by atoms with Crippen molar-refractivity contribution in [1.82, 2.24) is 10.2 Å². The molecule has 2 aliphatic heterocycles. The molecule has 0 unspecified atom stereocenters. The summed E-state index contributed by atoms with van der Waals surface area (Å²) >= 11 is 0. The highest BCUT2D eigenvalue weighted by Gasteiger charge is 2.40. The third-order valence-electron chi connectivity index (χ3n) is 9.02. The lowest BCUT2D eigenvalue weighted by Crippen LogP contribution is -2.46. The summed E-state index contributed by atoms with van der Waals surface area (Å²) in [5, 5.41) is 12.4. The molecule has 5 rings (SSSR count). The Hall–Kier alpha value is -3.60. The van der Waals surface area contributed by atoms with Crippen LogP contribution in [0, 0.1) is 5.92 Å². The summed E-state index contributed by atoms with van der Waals surface area (Å²) in [5.74, 6) is -0.720. The lowest BCUT2D eigenvalue weighted by atomic mass is 9.89. The molecule has 0 spiro atoms. The highest BCUT2D eigenvalue weighted by Crippen LogP contribution is 2.42. The summed E-state index contributed by atoms with van der Waals surface area (Å²) in [4.78, 5) is 26.0. The highest BCUT2D eigenvalue weighted by molar-refractivity contribution is 5.82. The van der Waals surface area contributed by atoms with Crippen molar-refractivity contribution in [2.24, 2.45) is 5.92 Å². The molecule has 2 aliphatic rings. The van der Waals surface area contributed by atoms with Crippen molar-refractivity contribution < 1.29 is 33.6 Å². The second kappa shape index (κ2) is 15.8. The molecule has 6 atom stereocenters. The van der Waals surface area contributed by atoms with Gasteiger partial charge < -0.3 is 29.4 Å². The first-order valence-corrected chi connectivity index (χ1v) is 16.1. The van der Waals surface area contributed by atoms with Crippen LogP contribution in [0.2, 0.25) is 0 Å². The van der Waals surface area contributed by atoms with Crippen LogP contribution < -0.4 is 5.32 Å². The van der Waals surface area contributed by atoms with Gasteiger partial charge in [0.05, 0.1) is 25.4 Å². The SMILES string of the molecule is COC[C@@H]1CCCN1C[C@H]1O[C@@H](c2ccc(-c3cccc(CNC(=O)[C@H](C)OC(C)=O)c3)cc2)O[C@@H](c2ccc(CO)cc2)[C@H]1C. The largest absolute Gasteiger partial charge is 0.453 e. The standard InChI is InChI=1S/C37H46N2O7/c1-24-34(21-39-18-6-9-33(39)23-43-4)45-37(46-35(24)30-12-10-27(22-40)11-13-30)31-16-14-29(15-17-31)32-8-5-7-28(19-32)20-38-36(42)25(2)44-26(3)41/h5,7-8,10-17,19,24-25,33-35,37,40H,6,9,18,20-23H2,1-4H3,(H,38,42)/t24-,25-,33-,34+,35+,37+/m0/s1. The Balaban J connectivity index is 1.32. The maximum Gasteiger partial charge on any atom is 0.303 e. The molecule has 246 valence electrons. The van der Waals surface area contributed by atoms with Crippen molar-refractivity contribution in [2.45, 2.75) is 77.4 Å². The smallest absolute Gasteiger partial charge is 0.303 e. The lowest BCUT2D eigenvalue weighted by Gasteiger charge is -2.43. The summed E-state index contributed by atoms with van der Waals surface area (Å²) in [7, 11) is 1.76. The quantitative estimate of drug-likeness (QED) is 0.259. The molecule has 2 saturated heterocycles. The van der Waals surface area contributed by atoms with E-state index in [1.807, 2.05) is 48.5 Å². The fraction of sp³-hybridized carbons (Fsp3) is 0.459. The minimum Gasteiger partial charge on any atom is -0.453 e. The fourth-order valence-corrected chi connectivity index (χ4v) is 6.40. The molecular weight excluding hydrogens is 584 g/mol. The predicted octanol–water partition coefficient (Wildman–Crippen LogP) is 5.32. The van der Waals surface area contributed by atoms with Crippen LogP contribution in [0.3, 0.4) is 0 Å². The Labute approximate surface area is 271 Å². The number of likely N-dealkylation sites (tertiary alicyclic amines) is 1. The number of carbonyl (C=O) groups excluding carboxylic acids is 2. The van der Waals surface area contributed by atoms with Crippen LogP contribution in [0.25, 0.3) is 11.1 Å². The molecule has 9 heteroatoms. The number of carbonyl (C=O) groups is 2. The third kappa shape index (κ3) is 8.40. The molecule has 3 aromatic rings. The van der Waals surface area contributed by atoms with Crippen molar-refractivity contribution in [2.75, 3.05) is 26.8 Å². The van der Waals surface area contributed by atoms with Gasteiger partial charge in [-0.15, -0.1) is 0 Å². The number of amides is 1. The molecule has 0 aliphatic carbocycles. The van der Waals surface area contributed by atoms with Gasteiger partial charge in [0.15, 0.2) is 12.4 Å². The van der Waals surface area contributed by atoms with Crippen LogP contribution in [-0.4, -0.2) is 66.9 Å². The van der Waals surface area contributed by atoms with Gasteiger partial charge in [0.2, 0.25) is 0 Å². The van der Waals surface area contributed by atoms with Crippen LogP contribution in [0.15, 0.2) is 72.8 Å². The molecule has 0 radical (unpaired) electrons. The van der Waals surface area contributed by atoms with Gasteiger partial charge in [-0.05, 0) is 60.2 Å². The van der Waals surface area contributed by atoms with E-state index in [4.69, 9.17) is 18.9 Å². The number of benzene rings is 3. The normalized spacial score (nSPS) is 24.0. The van der Waals surface area contributed by atoms with Gasteiger partial charge in [-0.3, -0.25) is 14.5 Å². The fourth-order valence-electron chi connectivity index (χ4n) is 6.40. The minimum absolute atomic E-state index is 0.00471. The summed E-state index contributed by atoms with van der Waals surface area (Å²) in [5.41, 5.74) is 5.86. The molecule has 3 aromatic carbocycles. The van der Waals surface area contributed by atoms with Crippen LogP contribution in [0.1, 0.15) is 68.3 Å². The number of nitrogens with zero attached hydrogens (tertiary/aromatic N) is 1. The summed E-state index contributed by atoms with van der Waals surface area (Å²) < 4.78 is 23.9. The Kier molecular flexibility index (Phi) is 11.6. The van der Waals surface area contributed by atoms with E-state index >= 15 is 0 Å². The van der Waals surface area contributed by atoms with Crippen LogP contribution in [0.5, 0.6) is 0 Å². The zero-order chi connectivity index (χ0) is 32.6. The van der Waals surface area contributed by atoms with E-state index in [0.717, 1.165) is 65.9 Å². The van der Waals surface area contributed by atoms with Gasteiger partial charge in [-0.25, -0.2) is 0 Å². The average Bonchev–Trinajstić information content (AvgIpc) is 3.51. The van der Waals surface area contributed by atoms with E-state index < -0.39 is 18.4 Å². The number of rotatable bonds is 12. The van der Waals surface area contributed by atoms with Gasteiger partial charge >= 0.3 is 5.97 Å². The average molecular weight is 631 g/mol. The molecule has 9 nitrogen and oxygen atoms in total.